The number of hydrogen-bond acceptors (Lipinski definition) is 6. The average Bonchev–Trinajstić information content (AvgIpc) is 2.78. The van der Waals surface area contributed by atoms with Gasteiger partial charge in [-0.1, -0.05) is 18.2 Å². The number of rotatable bonds is 7. The SMILES string of the molecule is CCC(=CCNCCc1nc(C)no1)C(=O)OC. The maximum Gasteiger partial charge on any atom is 0.333 e. The van der Waals surface area contributed by atoms with Crippen molar-refractivity contribution in [2.75, 3.05) is 20.2 Å². The van der Waals surface area contributed by atoms with Crippen LogP contribution in [0.15, 0.2) is 16.2 Å². The van der Waals surface area contributed by atoms with Gasteiger partial charge in [-0.3, -0.25) is 0 Å². The number of ether oxygens (including phenoxy) is 1. The van der Waals surface area contributed by atoms with Crippen molar-refractivity contribution >= 4 is 5.97 Å². The van der Waals surface area contributed by atoms with E-state index in [1.807, 2.05) is 13.0 Å². The molecule has 0 aliphatic carbocycles. The Labute approximate surface area is 106 Å². The second-order valence-electron chi connectivity index (χ2n) is 3.76. The first-order valence-corrected chi connectivity index (χ1v) is 5.94. The topological polar surface area (TPSA) is 77.3 Å². The van der Waals surface area contributed by atoms with Crippen LogP contribution in [0.25, 0.3) is 0 Å². The van der Waals surface area contributed by atoms with Crippen LogP contribution in [0.2, 0.25) is 0 Å². The number of hydrogen-bond donors (Lipinski definition) is 1. The fourth-order valence-corrected chi connectivity index (χ4v) is 1.44. The zero-order valence-electron chi connectivity index (χ0n) is 11.0. The standard InChI is InChI=1S/C12H19N3O3/c1-4-10(12(16)17-3)5-7-13-8-6-11-14-9(2)15-18-11/h5,13H,4,6-8H2,1-3H3. The Hall–Kier alpha value is -1.69. The van der Waals surface area contributed by atoms with E-state index >= 15 is 0 Å². The first-order chi connectivity index (χ1) is 8.67. The highest BCUT2D eigenvalue weighted by atomic mass is 16.5. The molecule has 0 aromatic carbocycles. The van der Waals surface area contributed by atoms with Gasteiger partial charge in [-0.2, -0.15) is 4.98 Å². The Morgan fingerprint density at radius 3 is 2.89 bits per heavy atom. The molecule has 100 valence electrons. The second kappa shape index (κ2) is 7.60. The smallest absolute Gasteiger partial charge is 0.333 e. The number of carbonyl (C=O) groups is 1. The molecule has 0 atom stereocenters. The molecule has 0 saturated heterocycles. The van der Waals surface area contributed by atoms with Crippen LogP contribution in [-0.4, -0.2) is 36.3 Å². The van der Waals surface area contributed by atoms with E-state index in [-0.39, 0.29) is 5.97 Å². The van der Waals surface area contributed by atoms with Gasteiger partial charge in [0.05, 0.1) is 7.11 Å². The maximum absolute atomic E-state index is 11.3. The largest absolute Gasteiger partial charge is 0.466 e. The van der Waals surface area contributed by atoms with Gasteiger partial charge in [-0.05, 0) is 13.3 Å². The van der Waals surface area contributed by atoms with Crippen molar-refractivity contribution in [1.29, 1.82) is 0 Å². The van der Waals surface area contributed by atoms with Gasteiger partial charge in [-0.15, -0.1) is 0 Å². The highest BCUT2D eigenvalue weighted by molar-refractivity contribution is 5.88. The number of nitrogens with one attached hydrogen (secondary N) is 1. The van der Waals surface area contributed by atoms with Crippen LogP contribution in [0.1, 0.15) is 25.1 Å². The Kier molecular flexibility index (Phi) is 6.07. The van der Waals surface area contributed by atoms with E-state index in [4.69, 9.17) is 4.52 Å². The highest BCUT2D eigenvalue weighted by Crippen LogP contribution is 2.01. The van der Waals surface area contributed by atoms with Gasteiger partial charge in [0, 0.05) is 25.1 Å². The van der Waals surface area contributed by atoms with Gasteiger partial charge in [0.25, 0.3) is 0 Å². The van der Waals surface area contributed by atoms with E-state index in [9.17, 15) is 4.79 Å². The summed E-state index contributed by atoms with van der Waals surface area (Å²) in [4.78, 5) is 15.4. The Morgan fingerprint density at radius 1 is 1.56 bits per heavy atom. The number of carbonyl (C=O) groups excluding carboxylic acids is 1. The van der Waals surface area contributed by atoms with Gasteiger partial charge in [0.15, 0.2) is 5.82 Å². The number of nitrogens with zero attached hydrogens (tertiary/aromatic N) is 2. The van der Waals surface area contributed by atoms with Crippen molar-refractivity contribution in [3.05, 3.63) is 23.4 Å². The van der Waals surface area contributed by atoms with E-state index in [0.29, 0.717) is 36.7 Å². The minimum atomic E-state index is -0.271. The third-order valence-corrected chi connectivity index (χ3v) is 2.41. The lowest BCUT2D eigenvalue weighted by atomic mass is 10.2. The van der Waals surface area contributed by atoms with Crippen LogP contribution in [0.4, 0.5) is 0 Å². The average molecular weight is 253 g/mol. The molecule has 0 fully saturated rings. The molecule has 0 aliphatic rings. The molecule has 0 aliphatic heterocycles. The molecule has 0 spiro atoms. The molecule has 1 N–H and O–H groups in total. The monoisotopic (exact) mass is 253 g/mol. The molecule has 1 aromatic heterocycles. The molecule has 0 bridgehead atoms. The zero-order valence-corrected chi connectivity index (χ0v) is 11.0. The number of aryl methyl sites for hydroxylation is 1. The molecule has 0 saturated carbocycles. The van der Waals surface area contributed by atoms with Gasteiger partial charge in [0.1, 0.15) is 0 Å². The van der Waals surface area contributed by atoms with Crippen molar-refractivity contribution in [2.24, 2.45) is 0 Å². The van der Waals surface area contributed by atoms with Gasteiger partial charge < -0.3 is 14.6 Å². The summed E-state index contributed by atoms with van der Waals surface area (Å²) in [5.74, 6) is 0.989. The summed E-state index contributed by atoms with van der Waals surface area (Å²) in [5, 5.41) is 6.88. The summed E-state index contributed by atoms with van der Waals surface area (Å²) < 4.78 is 9.64. The molecule has 0 amide bonds. The Balaban J connectivity index is 2.25. The molecule has 1 rings (SSSR count). The minimum Gasteiger partial charge on any atom is -0.466 e. The number of aromatic nitrogens is 2. The summed E-state index contributed by atoms with van der Waals surface area (Å²) >= 11 is 0. The number of esters is 1. The fourth-order valence-electron chi connectivity index (χ4n) is 1.44. The lowest BCUT2D eigenvalue weighted by Gasteiger charge is -2.03. The predicted molar refractivity (Wildman–Crippen MR) is 66.0 cm³/mol. The quantitative estimate of drug-likeness (QED) is 0.444. The van der Waals surface area contributed by atoms with Gasteiger partial charge in [-0.25, -0.2) is 4.79 Å². The first-order valence-electron chi connectivity index (χ1n) is 5.94. The molecule has 6 heteroatoms. The molecular formula is C12H19N3O3. The van der Waals surface area contributed by atoms with Crippen LogP contribution in [0, 0.1) is 6.92 Å². The summed E-state index contributed by atoms with van der Waals surface area (Å²) in [6.45, 7) is 5.04. The maximum atomic E-state index is 11.3. The Morgan fingerprint density at radius 2 is 2.33 bits per heavy atom. The summed E-state index contributed by atoms with van der Waals surface area (Å²) in [7, 11) is 1.39. The summed E-state index contributed by atoms with van der Waals surface area (Å²) in [6, 6.07) is 0. The van der Waals surface area contributed by atoms with Crippen molar-refractivity contribution in [3.8, 4) is 0 Å². The zero-order chi connectivity index (χ0) is 13.4. The number of methoxy groups -OCH3 is 1. The predicted octanol–water partition coefficient (Wildman–Crippen LogP) is 1.02. The van der Waals surface area contributed by atoms with Crippen LogP contribution < -0.4 is 5.32 Å². The lowest BCUT2D eigenvalue weighted by Crippen LogP contribution is -2.18. The van der Waals surface area contributed by atoms with E-state index in [1.54, 1.807) is 6.92 Å². The minimum absolute atomic E-state index is 0.271. The summed E-state index contributed by atoms with van der Waals surface area (Å²) in [6.07, 6.45) is 3.18. The first kappa shape index (κ1) is 14.4. The van der Waals surface area contributed by atoms with E-state index in [1.165, 1.54) is 7.11 Å². The molecule has 0 radical (unpaired) electrons. The van der Waals surface area contributed by atoms with Crippen molar-refractivity contribution < 1.29 is 14.1 Å². The molecule has 1 aromatic rings. The van der Waals surface area contributed by atoms with Crippen molar-refractivity contribution in [2.45, 2.75) is 26.7 Å². The van der Waals surface area contributed by atoms with Crippen molar-refractivity contribution in [3.63, 3.8) is 0 Å². The van der Waals surface area contributed by atoms with E-state index in [0.717, 1.165) is 6.54 Å². The molecule has 0 unspecified atom stereocenters. The van der Waals surface area contributed by atoms with Crippen LogP contribution >= 0.6 is 0 Å². The second-order valence-corrected chi connectivity index (χ2v) is 3.76. The van der Waals surface area contributed by atoms with E-state index < -0.39 is 0 Å². The lowest BCUT2D eigenvalue weighted by molar-refractivity contribution is -0.136. The molecular weight excluding hydrogens is 234 g/mol. The Bertz CT molecular complexity index is 412. The van der Waals surface area contributed by atoms with Crippen molar-refractivity contribution in [1.82, 2.24) is 15.5 Å². The fraction of sp³-hybridized carbons (Fsp3) is 0.583. The molecule has 18 heavy (non-hydrogen) atoms. The van der Waals surface area contributed by atoms with Gasteiger partial charge >= 0.3 is 5.97 Å². The molecule has 1 heterocycles. The third-order valence-electron chi connectivity index (χ3n) is 2.41. The third kappa shape index (κ3) is 4.67. The van der Waals surface area contributed by atoms with Gasteiger partial charge in [0.2, 0.25) is 5.89 Å². The van der Waals surface area contributed by atoms with Crippen LogP contribution in [0.3, 0.4) is 0 Å². The van der Waals surface area contributed by atoms with E-state index in [2.05, 4.69) is 20.2 Å². The van der Waals surface area contributed by atoms with Crippen LogP contribution in [-0.2, 0) is 16.0 Å². The van der Waals surface area contributed by atoms with Crippen LogP contribution in [0.5, 0.6) is 0 Å². The molecule has 6 nitrogen and oxygen atoms in total. The normalized spacial score (nSPS) is 11.6. The highest BCUT2D eigenvalue weighted by Gasteiger charge is 2.05. The summed E-state index contributed by atoms with van der Waals surface area (Å²) in [5.41, 5.74) is 0.679.